The van der Waals surface area contributed by atoms with Crippen molar-refractivity contribution in [2.24, 2.45) is 0 Å². The number of hydrogen-bond donors (Lipinski definition) is 1. The number of hydrogen-bond acceptors (Lipinski definition) is 4. The summed E-state index contributed by atoms with van der Waals surface area (Å²) >= 11 is 0. The first-order chi connectivity index (χ1) is 17.7. The highest BCUT2D eigenvalue weighted by Gasteiger charge is 2.23. The molecule has 0 aliphatic carbocycles. The molecular formula is C29H26N6O. The van der Waals surface area contributed by atoms with Gasteiger partial charge in [0.05, 0.1) is 22.1 Å². The maximum atomic E-state index is 13.2. The normalized spacial score (nSPS) is 14.4. The summed E-state index contributed by atoms with van der Waals surface area (Å²) < 4.78 is 2.15. The molecule has 1 N–H and O–H groups in total. The Labute approximate surface area is 207 Å². The number of nitrogens with zero attached hydrogens (tertiary/aromatic N) is 5. The van der Waals surface area contributed by atoms with Gasteiger partial charge in [-0.05, 0) is 56.5 Å². The molecule has 0 radical (unpaired) electrons. The van der Waals surface area contributed by atoms with Gasteiger partial charge in [0.2, 0.25) is 5.91 Å². The molecule has 0 spiro atoms. The third-order valence-corrected chi connectivity index (χ3v) is 7.54. The predicted molar refractivity (Wildman–Crippen MR) is 143 cm³/mol. The van der Waals surface area contributed by atoms with E-state index in [0.29, 0.717) is 6.54 Å². The van der Waals surface area contributed by atoms with Gasteiger partial charge in [-0.3, -0.25) is 14.8 Å². The molecule has 4 aromatic heterocycles. The van der Waals surface area contributed by atoms with Crippen molar-refractivity contribution in [2.75, 3.05) is 13.1 Å². The van der Waals surface area contributed by atoms with E-state index in [1.165, 1.54) is 6.42 Å². The van der Waals surface area contributed by atoms with Crippen molar-refractivity contribution < 1.29 is 4.79 Å². The smallest absolute Gasteiger partial charge is 0.242 e. The van der Waals surface area contributed by atoms with Crippen molar-refractivity contribution in [3.05, 3.63) is 66.6 Å². The first-order valence-electron chi connectivity index (χ1n) is 12.6. The predicted octanol–water partition coefficient (Wildman–Crippen LogP) is 5.60. The van der Waals surface area contributed by atoms with E-state index in [1.807, 2.05) is 29.2 Å². The topological polar surface area (TPSA) is 79.7 Å². The van der Waals surface area contributed by atoms with Gasteiger partial charge in [0.25, 0.3) is 0 Å². The molecule has 1 saturated heterocycles. The van der Waals surface area contributed by atoms with Crippen LogP contribution in [0, 0.1) is 6.92 Å². The molecule has 0 unspecified atom stereocenters. The SMILES string of the molecule is Cc1c(-c2nc3c4cccnc4c4ncccc4c3[nH]2)c2ccccc2n1CC(=O)N1CCCCC1. The first-order valence-corrected chi connectivity index (χ1v) is 12.6. The molecule has 0 atom stereocenters. The number of rotatable bonds is 3. The summed E-state index contributed by atoms with van der Waals surface area (Å²) in [6, 6.07) is 16.3. The van der Waals surface area contributed by atoms with Gasteiger partial charge in [0, 0.05) is 58.4 Å². The zero-order valence-electron chi connectivity index (χ0n) is 20.2. The molecule has 7 nitrogen and oxygen atoms in total. The van der Waals surface area contributed by atoms with Gasteiger partial charge in [-0.1, -0.05) is 18.2 Å². The van der Waals surface area contributed by atoms with Crippen molar-refractivity contribution in [3.8, 4) is 11.4 Å². The highest BCUT2D eigenvalue weighted by atomic mass is 16.2. The monoisotopic (exact) mass is 474 g/mol. The van der Waals surface area contributed by atoms with E-state index < -0.39 is 0 Å². The maximum Gasteiger partial charge on any atom is 0.242 e. The van der Waals surface area contributed by atoms with Gasteiger partial charge in [-0.15, -0.1) is 0 Å². The summed E-state index contributed by atoms with van der Waals surface area (Å²) in [5, 5.41) is 3.06. The lowest BCUT2D eigenvalue weighted by Gasteiger charge is -2.27. The van der Waals surface area contributed by atoms with Crippen LogP contribution in [-0.4, -0.2) is 48.4 Å². The van der Waals surface area contributed by atoms with Crippen LogP contribution in [0.3, 0.4) is 0 Å². The molecule has 1 amide bonds. The van der Waals surface area contributed by atoms with Gasteiger partial charge in [-0.2, -0.15) is 0 Å². The zero-order valence-corrected chi connectivity index (χ0v) is 20.2. The van der Waals surface area contributed by atoms with Crippen LogP contribution in [0.4, 0.5) is 0 Å². The number of carbonyl (C=O) groups is 1. The summed E-state index contributed by atoms with van der Waals surface area (Å²) in [6.45, 7) is 4.14. The van der Waals surface area contributed by atoms with Crippen molar-refractivity contribution in [1.82, 2.24) is 29.4 Å². The summed E-state index contributed by atoms with van der Waals surface area (Å²) in [5.74, 6) is 0.980. The molecule has 178 valence electrons. The number of carbonyl (C=O) groups excluding carboxylic acids is 1. The van der Waals surface area contributed by atoms with E-state index in [4.69, 9.17) is 4.98 Å². The van der Waals surface area contributed by atoms with Gasteiger partial charge in [-0.25, -0.2) is 4.98 Å². The Hall–Kier alpha value is -4.26. The number of pyridine rings is 2. The molecule has 1 aliphatic heterocycles. The van der Waals surface area contributed by atoms with Crippen LogP contribution < -0.4 is 0 Å². The van der Waals surface area contributed by atoms with Crippen LogP contribution in [0.5, 0.6) is 0 Å². The fourth-order valence-electron chi connectivity index (χ4n) is 5.77. The molecule has 6 aromatic rings. The number of nitrogens with one attached hydrogen (secondary N) is 1. The average molecular weight is 475 g/mol. The lowest BCUT2D eigenvalue weighted by molar-refractivity contribution is -0.132. The summed E-state index contributed by atoms with van der Waals surface area (Å²) in [5.41, 5.74) is 6.66. The first kappa shape index (κ1) is 21.1. The number of fused-ring (bicyclic) bond motifs is 7. The zero-order chi connectivity index (χ0) is 24.2. The van der Waals surface area contributed by atoms with Gasteiger partial charge < -0.3 is 14.5 Å². The second-order valence-electron chi connectivity index (χ2n) is 9.61. The fourth-order valence-corrected chi connectivity index (χ4v) is 5.77. The molecule has 1 fully saturated rings. The van der Waals surface area contributed by atoms with Crippen molar-refractivity contribution in [1.29, 1.82) is 0 Å². The number of likely N-dealkylation sites (tertiary alicyclic amines) is 1. The largest absolute Gasteiger partial charge is 0.341 e. The Balaban J connectivity index is 1.44. The minimum absolute atomic E-state index is 0.184. The van der Waals surface area contributed by atoms with E-state index in [9.17, 15) is 4.79 Å². The molecular weight excluding hydrogens is 448 g/mol. The molecule has 1 aliphatic rings. The number of H-pyrrole nitrogens is 1. The second kappa shape index (κ2) is 8.16. The molecule has 7 heteroatoms. The summed E-state index contributed by atoms with van der Waals surface area (Å²) in [4.78, 5) is 33.2. The summed E-state index contributed by atoms with van der Waals surface area (Å²) in [7, 11) is 0. The van der Waals surface area contributed by atoms with E-state index in [0.717, 1.165) is 86.8 Å². The third-order valence-electron chi connectivity index (χ3n) is 7.54. The van der Waals surface area contributed by atoms with E-state index in [2.05, 4.69) is 50.7 Å². The quantitative estimate of drug-likeness (QED) is 0.339. The molecule has 5 heterocycles. The molecule has 36 heavy (non-hydrogen) atoms. The average Bonchev–Trinajstić information content (AvgIpc) is 3.49. The Kier molecular flexibility index (Phi) is 4.77. The Morgan fingerprint density at radius 2 is 1.56 bits per heavy atom. The van der Waals surface area contributed by atoms with Crippen LogP contribution in [0.2, 0.25) is 0 Å². The number of para-hydroxylation sites is 1. The number of aromatic nitrogens is 5. The Bertz CT molecular complexity index is 1720. The number of piperidine rings is 1. The highest BCUT2D eigenvalue weighted by molar-refractivity contribution is 6.21. The van der Waals surface area contributed by atoms with Crippen LogP contribution in [0.1, 0.15) is 25.0 Å². The maximum absolute atomic E-state index is 13.2. The van der Waals surface area contributed by atoms with E-state index in [-0.39, 0.29) is 5.91 Å². The molecule has 7 rings (SSSR count). The van der Waals surface area contributed by atoms with Crippen molar-refractivity contribution >= 4 is 49.6 Å². The second-order valence-corrected chi connectivity index (χ2v) is 9.61. The molecule has 0 saturated carbocycles. The number of aromatic amines is 1. The van der Waals surface area contributed by atoms with Crippen LogP contribution in [0.15, 0.2) is 60.9 Å². The molecule has 2 aromatic carbocycles. The standard InChI is InChI=1S/C29H26N6O/c1-18-24(19-9-3-4-12-22(19)35(18)17-23(36)34-15-5-2-6-16-34)29-32-27-20-10-7-13-30-25(20)26-21(28(27)33-29)11-8-14-31-26/h3-4,7-14H,2,5-6,15-17H2,1H3,(H,32,33). The minimum Gasteiger partial charge on any atom is -0.341 e. The fraction of sp³-hybridized carbons (Fsp3) is 0.241. The van der Waals surface area contributed by atoms with Gasteiger partial charge >= 0.3 is 0 Å². The van der Waals surface area contributed by atoms with Gasteiger partial charge in [0.15, 0.2) is 0 Å². The number of imidazole rings is 1. The number of benzene rings is 2. The Morgan fingerprint density at radius 1 is 0.861 bits per heavy atom. The van der Waals surface area contributed by atoms with Gasteiger partial charge in [0.1, 0.15) is 12.4 Å². The lowest BCUT2D eigenvalue weighted by Crippen LogP contribution is -2.37. The van der Waals surface area contributed by atoms with Crippen LogP contribution in [0.25, 0.3) is 55.1 Å². The summed E-state index contributed by atoms with van der Waals surface area (Å²) in [6.07, 6.45) is 6.99. The Morgan fingerprint density at radius 3 is 2.36 bits per heavy atom. The lowest BCUT2D eigenvalue weighted by atomic mass is 10.1. The van der Waals surface area contributed by atoms with Crippen LogP contribution >= 0.6 is 0 Å². The highest BCUT2D eigenvalue weighted by Crippen LogP contribution is 2.37. The van der Waals surface area contributed by atoms with E-state index in [1.54, 1.807) is 12.4 Å². The van der Waals surface area contributed by atoms with Crippen molar-refractivity contribution in [2.45, 2.75) is 32.7 Å². The minimum atomic E-state index is 0.184. The van der Waals surface area contributed by atoms with Crippen LogP contribution in [-0.2, 0) is 11.3 Å². The number of amides is 1. The molecule has 0 bridgehead atoms. The van der Waals surface area contributed by atoms with E-state index >= 15 is 0 Å². The third kappa shape index (κ3) is 3.12. The van der Waals surface area contributed by atoms with Crippen molar-refractivity contribution in [3.63, 3.8) is 0 Å².